The van der Waals surface area contributed by atoms with Gasteiger partial charge in [-0.05, 0) is 55.2 Å². The molecule has 3 unspecified atom stereocenters. The van der Waals surface area contributed by atoms with Gasteiger partial charge >= 0.3 is 0 Å². The number of rotatable bonds is 4. The molecular formula is C21H26O6. The highest BCUT2D eigenvalue weighted by atomic mass is 16.7. The Kier molecular flexibility index (Phi) is 5.55. The molecule has 0 aliphatic carbocycles. The van der Waals surface area contributed by atoms with E-state index < -0.39 is 30.2 Å². The minimum Gasteiger partial charge on any atom is -0.497 e. The minimum absolute atomic E-state index is 0.335. The second kappa shape index (κ2) is 7.58. The molecule has 1 aliphatic rings. The fourth-order valence-electron chi connectivity index (χ4n) is 3.41. The van der Waals surface area contributed by atoms with Crippen molar-refractivity contribution in [1.29, 1.82) is 0 Å². The third-order valence-electron chi connectivity index (χ3n) is 5.24. The van der Waals surface area contributed by atoms with Crippen molar-refractivity contribution in [2.24, 2.45) is 0 Å². The summed E-state index contributed by atoms with van der Waals surface area (Å²) < 4.78 is 10.7. The number of aryl methyl sites for hydroxylation is 1. The lowest BCUT2D eigenvalue weighted by Crippen LogP contribution is -2.62. The van der Waals surface area contributed by atoms with Crippen LogP contribution in [0.3, 0.4) is 0 Å². The van der Waals surface area contributed by atoms with Gasteiger partial charge in [0.05, 0.1) is 13.2 Å². The quantitative estimate of drug-likeness (QED) is 0.643. The molecule has 0 radical (unpaired) electrons. The van der Waals surface area contributed by atoms with Gasteiger partial charge in [-0.3, -0.25) is 0 Å². The van der Waals surface area contributed by atoms with Crippen molar-refractivity contribution in [2.45, 2.75) is 50.5 Å². The Morgan fingerprint density at radius 3 is 2.33 bits per heavy atom. The number of hydrogen-bond donors (Lipinski definition) is 4. The Hall–Kier alpha value is -1.96. The average Bonchev–Trinajstić information content (AvgIpc) is 2.67. The molecule has 1 heterocycles. The monoisotopic (exact) mass is 374 g/mol. The smallest absolute Gasteiger partial charge is 0.222 e. The second-order valence-electron chi connectivity index (χ2n) is 7.11. The van der Waals surface area contributed by atoms with E-state index >= 15 is 0 Å². The predicted molar refractivity (Wildman–Crippen MR) is 99.4 cm³/mol. The SMILES string of the molecule is COc1ccc(Cc2cc(C3(O)OC(C)[C@@H](O)C(O)[C@H]3O)ccc2C)cc1. The van der Waals surface area contributed by atoms with Crippen molar-refractivity contribution >= 4 is 0 Å². The van der Waals surface area contributed by atoms with Crippen molar-refractivity contribution in [3.05, 3.63) is 64.7 Å². The van der Waals surface area contributed by atoms with Gasteiger partial charge in [0, 0.05) is 5.56 Å². The van der Waals surface area contributed by atoms with Crippen LogP contribution in [-0.2, 0) is 16.9 Å². The lowest BCUT2D eigenvalue weighted by molar-refractivity contribution is -0.351. The zero-order valence-corrected chi connectivity index (χ0v) is 15.7. The summed E-state index contributed by atoms with van der Waals surface area (Å²) in [6, 6.07) is 13.0. The van der Waals surface area contributed by atoms with Crippen molar-refractivity contribution in [1.82, 2.24) is 0 Å². The van der Waals surface area contributed by atoms with Crippen molar-refractivity contribution in [3.8, 4) is 5.75 Å². The van der Waals surface area contributed by atoms with Gasteiger partial charge < -0.3 is 29.9 Å². The molecule has 1 aliphatic heterocycles. The van der Waals surface area contributed by atoms with Crippen LogP contribution in [0.4, 0.5) is 0 Å². The normalized spacial score (nSPS) is 30.9. The van der Waals surface area contributed by atoms with E-state index in [1.807, 2.05) is 37.3 Å². The number of aliphatic hydroxyl groups is 4. The summed E-state index contributed by atoms with van der Waals surface area (Å²) >= 11 is 0. The third-order valence-corrected chi connectivity index (χ3v) is 5.24. The number of methoxy groups -OCH3 is 1. The van der Waals surface area contributed by atoms with Gasteiger partial charge in [0.25, 0.3) is 0 Å². The number of ether oxygens (including phenoxy) is 2. The molecule has 0 amide bonds. The summed E-state index contributed by atoms with van der Waals surface area (Å²) in [5, 5.41) is 41.3. The van der Waals surface area contributed by atoms with Crippen LogP contribution < -0.4 is 4.74 Å². The molecule has 2 aromatic rings. The highest BCUT2D eigenvalue weighted by molar-refractivity contribution is 5.39. The fourth-order valence-corrected chi connectivity index (χ4v) is 3.41. The Morgan fingerprint density at radius 2 is 1.70 bits per heavy atom. The molecule has 146 valence electrons. The van der Waals surface area contributed by atoms with Gasteiger partial charge in [-0.2, -0.15) is 0 Å². The molecule has 1 fully saturated rings. The van der Waals surface area contributed by atoms with Crippen molar-refractivity contribution in [2.75, 3.05) is 7.11 Å². The summed E-state index contributed by atoms with van der Waals surface area (Å²) in [6.45, 7) is 3.50. The van der Waals surface area contributed by atoms with Crippen LogP contribution in [0, 0.1) is 6.92 Å². The fraction of sp³-hybridized carbons (Fsp3) is 0.429. The first kappa shape index (κ1) is 19.8. The molecule has 1 saturated heterocycles. The Morgan fingerprint density at radius 1 is 1.04 bits per heavy atom. The van der Waals surface area contributed by atoms with Crippen LogP contribution in [0.15, 0.2) is 42.5 Å². The first-order chi connectivity index (χ1) is 12.8. The van der Waals surface area contributed by atoms with E-state index in [1.54, 1.807) is 19.2 Å². The van der Waals surface area contributed by atoms with E-state index in [9.17, 15) is 20.4 Å². The van der Waals surface area contributed by atoms with Crippen LogP contribution in [-0.4, -0.2) is 52.0 Å². The Labute approximate surface area is 158 Å². The molecule has 6 heteroatoms. The molecule has 27 heavy (non-hydrogen) atoms. The summed E-state index contributed by atoms with van der Waals surface area (Å²) in [6.07, 6.45) is -4.66. The first-order valence-corrected chi connectivity index (χ1v) is 8.93. The largest absolute Gasteiger partial charge is 0.497 e. The van der Waals surface area contributed by atoms with Gasteiger partial charge in [-0.25, -0.2) is 0 Å². The third kappa shape index (κ3) is 3.72. The maximum atomic E-state index is 11.0. The van der Waals surface area contributed by atoms with Crippen LogP contribution in [0.5, 0.6) is 5.75 Å². The van der Waals surface area contributed by atoms with Gasteiger partial charge in [0.15, 0.2) is 0 Å². The van der Waals surface area contributed by atoms with E-state index in [4.69, 9.17) is 9.47 Å². The van der Waals surface area contributed by atoms with Crippen LogP contribution >= 0.6 is 0 Å². The molecule has 0 bridgehead atoms. The molecule has 6 nitrogen and oxygen atoms in total. The van der Waals surface area contributed by atoms with Crippen molar-refractivity contribution < 1.29 is 29.9 Å². The van der Waals surface area contributed by atoms with Gasteiger partial charge in [-0.1, -0.05) is 24.3 Å². The molecule has 0 aromatic heterocycles. The van der Waals surface area contributed by atoms with E-state index in [0.29, 0.717) is 12.0 Å². The lowest BCUT2D eigenvalue weighted by Gasteiger charge is -2.45. The van der Waals surface area contributed by atoms with Gasteiger partial charge in [0.2, 0.25) is 5.79 Å². The summed E-state index contributed by atoms with van der Waals surface area (Å²) in [4.78, 5) is 0. The molecule has 5 atom stereocenters. The summed E-state index contributed by atoms with van der Waals surface area (Å²) in [7, 11) is 1.62. The minimum atomic E-state index is -2.10. The number of aliphatic hydroxyl groups excluding tert-OH is 3. The first-order valence-electron chi connectivity index (χ1n) is 8.93. The van der Waals surface area contributed by atoms with Crippen LogP contribution in [0.25, 0.3) is 0 Å². The van der Waals surface area contributed by atoms with Gasteiger partial charge in [0.1, 0.15) is 24.1 Å². The highest BCUT2D eigenvalue weighted by Gasteiger charge is 2.52. The van der Waals surface area contributed by atoms with Crippen LogP contribution in [0.2, 0.25) is 0 Å². The van der Waals surface area contributed by atoms with E-state index in [2.05, 4.69) is 0 Å². The zero-order valence-electron chi connectivity index (χ0n) is 15.7. The van der Waals surface area contributed by atoms with Gasteiger partial charge in [-0.15, -0.1) is 0 Å². The summed E-state index contributed by atoms with van der Waals surface area (Å²) in [5.41, 5.74) is 3.38. The van der Waals surface area contributed by atoms with E-state index in [1.165, 1.54) is 6.92 Å². The molecular weight excluding hydrogens is 348 g/mol. The zero-order chi connectivity index (χ0) is 19.8. The molecule has 3 rings (SSSR count). The topological polar surface area (TPSA) is 99.4 Å². The predicted octanol–water partition coefficient (Wildman–Crippen LogP) is 1.24. The molecule has 0 spiro atoms. The van der Waals surface area contributed by atoms with Crippen molar-refractivity contribution in [3.63, 3.8) is 0 Å². The van der Waals surface area contributed by atoms with Crippen LogP contribution in [0.1, 0.15) is 29.2 Å². The standard InChI is InChI=1S/C21H26O6/c1-12-4-7-16(21(25)20(24)19(23)18(22)13(2)27-21)11-15(12)10-14-5-8-17(26-3)9-6-14/h4-9,11,13,18-20,22-25H,10H2,1-3H3/t13?,18-,19?,20-,21?/m1/s1. The second-order valence-corrected chi connectivity index (χ2v) is 7.11. The highest BCUT2D eigenvalue weighted by Crippen LogP contribution is 2.37. The maximum absolute atomic E-state index is 11.0. The Bertz CT molecular complexity index is 790. The maximum Gasteiger partial charge on any atom is 0.222 e. The molecule has 4 N–H and O–H groups in total. The molecule has 0 saturated carbocycles. The number of hydrogen-bond acceptors (Lipinski definition) is 6. The number of benzene rings is 2. The lowest BCUT2D eigenvalue weighted by atomic mass is 9.86. The van der Waals surface area contributed by atoms with E-state index in [-0.39, 0.29) is 0 Å². The van der Waals surface area contributed by atoms with E-state index in [0.717, 1.165) is 22.4 Å². The summed E-state index contributed by atoms with van der Waals surface area (Å²) in [5.74, 6) is -1.32. The molecule has 2 aromatic carbocycles. The average molecular weight is 374 g/mol. The Balaban J connectivity index is 1.92.